The van der Waals surface area contributed by atoms with Crippen molar-refractivity contribution in [2.75, 3.05) is 12.8 Å². The van der Waals surface area contributed by atoms with Gasteiger partial charge in [-0.25, -0.2) is 8.42 Å². The lowest BCUT2D eigenvalue weighted by atomic mass is 10.2. The summed E-state index contributed by atoms with van der Waals surface area (Å²) >= 11 is 0. The van der Waals surface area contributed by atoms with Gasteiger partial charge in [-0.05, 0) is 20.8 Å². The highest BCUT2D eigenvalue weighted by atomic mass is 32.2. The van der Waals surface area contributed by atoms with Gasteiger partial charge in [-0.3, -0.25) is 4.79 Å². The van der Waals surface area contributed by atoms with Crippen molar-refractivity contribution < 1.29 is 18.3 Å². The van der Waals surface area contributed by atoms with Crippen molar-refractivity contribution in [3.8, 4) is 0 Å². The Balaban J connectivity index is 4.34. The maximum Gasteiger partial charge on any atom is 0.320 e. The Kier molecular flexibility index (Phi) is 4.08. The molecule has 0 aliphatic rings. The fourth-order valence-electron chi connectivity index (χ4n) is 0.617. The Morgan fingerprint density at radius 1 is 1.50 bits per heavy atom. The number of hydrogen-bond donors (Lipinski definition) is 2. The van der Waals surface area contributed by atoms with E-state index in [1.165, 1.54) is 6.92 Å². The zero-order valence-corrected chi connectivity index (χ0v) is 9.68. The quantitative estimate of drug-likeness (QED) is 0.678. The summed E-state index contributed by atoms with van der Waals surface area (Å²) in [7, 11) is -3.18. The zero-order valence-electron chi connectivity index (χ0n) is 8.86. The van der Waals surface area contributed by atoms with Crippen molar-refractivity contribution in [1.82, 2.24) is 5.32 Å². The van der Waals surface area contributed by atoms with Crippen LogP contribution in [0.3, 0.4) is 0 Å². The molecule has 0 amide bonds. The molecule has 2 N–H and O–H groups in total. The standard InChI is InChI=1S/C8H17NO4S/c1-6(7(10)11)9-5-8(2,3)14(4,12)13/h6,9H,5H2,1-4H3,(H,10,11). The number of carboxylic acid groups (broad SMARTS) is 1. The molecule has 0 saturated carbocycles. The van der Waals surface area contributed by atoms with Gasteiger partial charge in [-0.2, -0.15) is 0 Å². The van der Waals surface area contributed by atoms with Gasteiger partial charge in [-0.15, -0.1) is 0 Å². The van der Waals surface area contributed by atoms with Crippen LogP contribution in [-0.2, 0) is 14.6 Å². The third-order valence-corrected chi connectivity index (χ3v) is 4.36. The van der Waals surface area contributed by atoms with E-state index in [2.05, 4.69) is 5.32 Å². The van der Waals surface area contributed by atoms with Crippen molar-refractivity contribution in [3.63, 3.8) is 0 Å². The van der Waals surface area contributed by atoms with E-state index in [1.807, 2.05) is 0 Å². The highest BCUT2D eigenvalue weighted by molar-refractivity contribution is 7.92. The first-order chi connectivity index (χ1) is 6.08. The van der Waals surface area contributed by atoms with Gasteiger partial charge in [0.2, 0.25) is 0 Å². The van der Waals surface area contributed by atoms with Crippen LogP contribution in [0.5, 0.6) is 0 Å². The van der Waals surface area contributed by atoms with Crippen molar-refractivity contribution in [3.05, 3.63) is 0 Å². The Hall–Kier alpha value is -0.620. The van der Waals surface area contributed by atoms with E-state index in [9.17, 15) is 13.2 Å². The van der Waals surface area contributed by atoms with Crippen LogP contribution in [0.4, 0.5) is 0 Å². The van der Waals surface area contributed by atoms with Gasteiger partial charge in [0.05, 0.1) is 4.75 Å². The van der Waals surface area contributed by atoms with Crippen LogP contribution >= 0.6 is 0 Å². The number of aliphatic carboxylic acids is 1. The predicted molar refractivity (Wildman–Crippen MR) is 54.0 cm³/mol. The summed E-state index contributed by atoms with van der Waals surface area (Å²) in [6.45, 7) is 4.72. The van der Waals surface area contributed by atoms with E-state index >= 15 is 0 Å². The SMILES string of the molecule is CC(NCC(C)(C)S(C)(=O)=O)C(=O)O. The first-order valence-electron chi connectivity index (χ1n) is 4.24. The van der Waals surface area contributed by atoms with Gasteiger partial charge < -0.3 is 10.4 Å². The Morgan fingerprint density at radius 2 is 1.93 bits per heavy atom. The largest absolute Gasteiger partial charge is 0.480 e. The normalized spacial score (nSPS) is 15.1. The summed E-state index contributed by atoms with van der Waals surface area (Å²) in [6, 6.07) is -0.740. The lowest BCUT2D eigenvalue weighted by Gasteiger charge is -2.24. The first-order valence-corrected chi connectivity index (χ1v) is 6.13. The van der Waals surface area contributed by atoms with Gasteiger partial charge in [-0.1, -0.05) is 0 Å². The molecule has 0 aromatic carbocycles. The van der Waals surface area contributed by atoms with Crippen molar-refractivity contribution in [2.24, 2.45) is 0 Å². The molecule has 0 aliphatic heterocycles. The summed E-state index contributed by atoms with van der Waals surface area (Å²) in [4.78, 5) is 10.5. The molecule has 0 heterocycles. The second kappa shape index (κ2) is 4.27. The first kappa shape index (κ1) is 13.4. The summed E-state index contributed by atoms with van der Waals surface area (Å²) in [6.07, 6.45) is 1.14. The molecule has 0 fully saturated rings. The monoisotopic (exact) mass is 223 g/mol. The van der Waals surface area contributed by atoms with E-state index in [1.54, 1.807) is 13.8 Å². The van der Waals surface area contributed by atoms with E-state index in [0.717, 1.165) is 6.26 Å². The van der Waals surface area contributed by atoms with E-state index in [4.69, 9.17) is 5.11 Å². The van der Waals surface area contributed by atoms with Gasteiger partial charge in [0, 0.05) is 12.8 Å². The third-order valence-electron chi connectivity index (χ3n) is 2.21. The molecule has 0 radical (unpaired) electrons. The second-order valence-corrected chi connectivity index (χ2v) is 6.62. The van der Waals surface area contributed by atoms with Crippen molar-refractivity contribution >= 4 is 15.8 Å². The van der Waals surface area contributed by atoms with Crippen molar-refractivity contribution in [2.45, 2.75) is 31.6 Å². The minimum atomic E-state index is -3.18. The molecule has 14 heavy (non-hydrogen) atoms. The smallest absolute Gasteiger partial charge is 0.320 e. The zero-order chi connectivity index (χ0) is 11.6. The second-order valence-electron chi connectivity index (χ2n) is 3.97. The number of carbonyl (C=O) groups is 1. The average molecular weight is 223 g/mol. The molecule has 84 valence electrons. The summed E-state index contributed by atoms with van der Waals surface area (Å²) in [5, 5.41) is 11.2. The molecule has 0 saturated heterocycles. The van der Waals surface area contributed by atoms with Gasteiger partial charge in [0.15, 0.2) is 9.84 Å². The molecule has 6 heteroatoms. The predicted octanol–water partition coefficient (Wildman–Crippen LogP) is -0.128. The molecule has 0 rings (SSSR count). The molecule has 0 aliphatic carbocycles. The van der Waals surface area contributed by atoms with Gasteiger partial charge in [0.1, 0.15) is 6.04 Å². The van der Waals surface area contributed by atoms with Gasteiger partial charge >= 0.3 is 5.97 Å². The molecule has 0 bridgehead atoms. The van der Waals surface area contributed by atoms with Crippen LogP contribution in [0.2, 0.25) is 0 Å². The number of nitrogens with one attached hydrogen (secondary N) is 1. The third kappa shape index (κ3) is 3.63. The Bertz CT molecular complexity index is 307. The average Bonchev–Trinajstić information content (AvgIpc) is 1.97. The minimum Gasteiger partial charge on any atom is -0.480 e. The lowest BCUT2D eigenvalue weighted by Crippen LogP contribution is -2.46. The summed E-state index contributed by atoms with van der Waals surface area (Å²) in [5.74, 6) is -0.991. The molecule has 0 aromatic heterocycles. The fourth-order valence-corrected chi connectivity index (χ4v) is 0.963. The van der Waals surface area contributed by atoms with Crippen LogP contribution in [0, 0.1) is 0 Å². The molecule has 1 unspecified atom stereocenters. The molecule has 5 nitrogen and oxygen atoms in total. The van der Waals surface area contributed by atoms with Crippen LogP contribution in [-0.4, -0.2) is 43.1 Å². The molecular weight excluding hydrogens is 206 g/mol. The van der Waals surface area contributed by atoms with E-state index in [-0.39, 0.29) is 6.54 Å². The highest BCUT2D eigenvalue weighted by Gasteiger charge is 2.30. The topological polar surface area (TPSA) is 83.5 Å². The fraction of sp³-hybridized carbons (Fsp3) is 0.875. The molecule has 1 atom stereocenters. The Labute approximate surface area is 84.4 Å². The molecular formula is C8H17NO4S. The molecule has 0 aromatic rings. The van der Waals surface area contributed by atoms with Crippen LogP contribution in [0.15, 0.2) is 0 Å². The van der Waals surface area contributed by atoms with Crippen LogP contribution in [0.25, 0.3) is 0 Å². The summed E-state index contributed by atoms with van der Waals surface area (Å²) in [5.41, 5.74) is 0. The van der Waals surface area contributed by atoms with E-state index < -0.39 is 26.6 Å². The maximum absolute atomic E-state index is 11.2. The maximum atomic E-state index is 11.2. The number of sulfone groups is 1. The highest BCUT2D eigenvalue weighted by Crippen LogP contribution is 2.13. The van der Waals surface area contributed by atoms with E-state index in [0.29, 0.717) is 0 Å². The summed E-state index contributed by atoms with van der Waals surface area (Å²) < 4.78 is 21.5. The minimum absolute atomic E-state index is 0.124. The van der Waals surface area contributed by atoms with Crippen LogP contribution < -0.4 is 5.32 Å². The number of carboxylic acids is 1. The Morgan fingerprint density at radius 3 is 2.21 bits per heavy atom. The molecule has 0 spiro atoms. The van der Waals surface area contributed by atoms with Crippen LogP contribution in [0.1, 0.15) is 20.8 Å². The van der Waals surface area contributed by atoms with Gasteiger partial charge in [0.25, 0.3) is 0 Å². The number of hydrogen-bond acceptors (Lipinski definition) is 4. The lowest BCUT2D eigenvalue weighted by molar-refractivity contribution is -0.139. The number of rotatable bonds is 5. The van der Waals surface area contributed by atoms with Crippen molar-refractivity contribution in [1.29, 1.82) is 0 Å².